The maximum atomic E-state index is 5.43. The van der Waals surface area contributed by atoms with Gasteiger partial charge in [0.05, 0.1) is 6.61 Å². The number of nitrogens with one attached hydrogen (secondary N) is 1. The molecule has 0 saturated heterocycles. The Bertz CT molecular complexity index is 121. The van der Waals surface area contributed by atoms with E-state index >= 15 is 0 Å². The van der Waals surface area contributed by atoms with Crippen LogP contribution in [0.25, 0.3) is 0 Å². The molecule has 0 radical (unpaired) electrons. The van der Waals surface area contributed by atoms with E-state index in [2.05, 4.69) is 12.2 Å². The van der Waals surface area contributed by atoms with Crippen LogP contribution in [-0.2, 0) is 4.74 Å². The Kier molecular flexibility index (Phi) is 5.40. The van der Waals surface area contributed by atoms with Crippen LogP contribution in [0.1, 0.15) is 39.0 Å². The monoisotopic (exact) mass is 185 g/mol. The summed E-state index contributed by atoms with van der Waals surface area (Å²) in [7, 11) is 2.04. The van der Waals surface area contributed by atoms with Crippen LogP contribution in [0.15, 0.2) is 0 Å². The zero-order valence-corrected chi connectivity index (χ0v) is 9.01. The van der Waals surface area contributed by atoms with Crippen molar-refractivity contribution in [1.82, 2.24) is 5.32 Å². The fourth-order valence-corrected chi connectivity index (χ4v) is 2.18. The molecule has 1 saturated carbocycles. The maximum absolute atomic E-state index is 5.43. The van der Waals surface area contributed by atoms with Crippen molar-refractivity contribution in [2.24, 2.45) is 5.92 Å². The maximum Gasteiger partial charge on any atom is 0.0619 e. The molecule has 0 heterocycles. The number of rotatable bonds is 6. The topological polar surface area (TPSA) is 21.3 Å². The van der Waals surface area contributed by atoms with E-state index in [4.69, 9.17) is 4.74 Å². The largest absolute Gasteiger partial charge is 0.380 e. The Labute approximate surface area is 82.0 Å². The van der Waals surface area contributed by atoms with Crippen molar-refractivity contribution in [3.8, 4) is 0 Å². The highest BCUT2D eigenvalue weighted by Gasteiger charge is 2.18. The lowest BCUT2D eigenvalue weighted by Crippen LogP contribution is -2.32. The van der Waals surface area contributed by atoms with Gasteiger partial charge >= 0.3 is 0 Å². The molecule has 1 aliphatic carbocycles. The standard InChI is InChI=1S/C11H23NO/c1-3-13-9-11(12-2)8-10-6-4-5-7-10/h10-12H,3-9H2,1-2H3. The number of likely N-dealkylation sites (N-methyl/N-ethyl adjacent to an activating group) is 1. The van der Waals surface area contributed by atoms with Crippen LogP contribution >= 0.6 is 0 Å². The number of hydrogen-bond acceptors (Lipinski definition) is 2. The minimum absolute atomic E-state index is 0.572. The summed E-state index contributed by atoms with van der Waals surface area (Å²) in [6.45, 7) is 3.77. The highest BCUT2D eigenvalue weighted by Crippen LogP contribution is 2.28. The molecule has 0 spiro atoms. The van der Waals surface area contributed by atoms with Gasteiger partial charge in [-0.05, 0) is 26.3 Å². The molecule has 1 N–H and O–H groups in total. The van der Waals surface area contributed by atoms with E-state index in [-0.39, 0.29) is 0 Å². The summed E-state index contributed by atoms with van der Waals surface area (Å²) in [6, 6.07) is 0.572. The van der Waals surface area contributed by atoms with E-state index in [9.17, 15) is 0 Å². The minimum Gasteiger partial charge on any atom is -0.380 e. The average Bonchev–Trinajstić information content (AvgIpc) is 2.64. The van der Waals surface area contributed by atoms with Crippen molar-refractivity contribution in [2.75, 3.05) is 20.3 Å². The molecule has 2 nitrogen and oxygen atoms in total. The summed E-state index contributed by atoms with van der Waals surface area (Å²) in [4.78, 5) is 0. The molecule has 0 aromatic heterocycles. The van der Waals surface area contributed by atoms with E-state index in [1.807, 2.05) is 7.05 Å². The molecule has 1 aliphatic rings. The van der Waals surface area contributed by atoms with Crippen LogP contribution in [0.5, 0.6) is 0 Å². The second kappa shape index (κ2) is 6.39. The van der Waals surface area contributed by atoms with Gasteiger partial charge in [0.25, 0.3) is 0 Å². The second-order valence-electron chi connectivity index (χ2n) is 4.03. The summed E-state index contributed by atoms with van der Waals surface area (Å²) in [5.41, 5.74) is 0. The first kappa shape index (κ1) is 11.0. The SMILES string of the molecule is CCOCC(CC1CCCC1)NC. The summed E-state index contributed by atoms with van der Waals surface area (Å²) >= 11 is 0. The normalized spacial score (nSPS) is 20.8. The zero-order chi connectivity index (χ0) is 9.52. The number of hydrogen-bond donors (Lipinski definition) is 1. The third-order valence-electron chi connectivity index (χ3n) is 3.02. The number of ether oxygens (including phenoxy) is 1. The molecule has 1 fully saturated rings. The van der Waals surface area contributed by atoms with Crippen molar-refractivity contribution < 1.29 is 4.74 Å². The molecule has 78 valence electrons. The summed E-state index contributed by atoms with van der Waals surface area (Å²) < 4.78 is 5.43. The molecule has 1 rings (SSSR count). The Balaban J connectivity index is 2.13. The first-order chi connectivity index (χ1) is 6.36. The van der Waals surface area contributed by atoms with E-state index in [1.54, 1.807) is 0 Å². The van der Waals surface area contributed by atoms with Crippen molar-refractivity contribution in [3.05, 3.63) is 0 Å². The lowest BCUT2D eigenvalue weighted by Gasteiger charge is -2.19. The fraction of sp³-hybridized carbons (Fsp3) is 1.00. The second-order valence-corrected chi connectivity index (χ2v) is 4.03. The van der Waals surface area contributed by atoms with Crippen LogP contribution in [-0.4, -0.2) is 26.3 Å². The zero-order valence-electron chi connectivity index (χ0n) is 9.01. The van der Waals surface area contributed by atoms with Gasteiger partial charge in [-0.1, -0.05) is 25.7 Å². The van der Waals surface area contributed by atoms with Crippen molar-refractivity contribution in [2.45, 2.75) is 45.1 Å². The van der Waals surface area contributed by atoms with Gasteiger partial charge in [0, 0.05) is 12.6 Å². The van der Waals surface area contributed by atoms with Gasteiger partial charge in [-0.2, -0.15) is 0 Å². The van der Waals surface area contributed by atoms with E-state index < -0.39 is 0 Å². The van der Waals surface area contributed by atoms with Gasteiger partial charge in [0.15, 0.2) is 0 Å². The first-order valence-corrected chi connectivity index (χ1v) is 5.61. The molecule has 1 atom stereocenters. The molecule has 1 unspecified atom stereocenters. The molecule has 0 aromatic rings. The Morgan fingerprint density at radius 1 is 1.38 bits per heavy atom. The molecule has 0 aromatic carbocycles. The first-order valence-electron chi connectivity index (χ1n) is 5.61. The minimum atomic E-state index is 0.572. The van der Waals surface area contributed by atoms with E-state index in [1.165, 1.54) is 32.1 Å². The molecule has 0 aliphatic heterocycles. The van der Waals surface area contributed by atoms with Crippen LogP contribution < -0.4 is 5.32 Å². The smallest absolute Gasteiger partial charge is 0.0619 e. The summed E-state index contributed by atoms with van der Waals surface area (Å²) in [6.07, 6.45) is 7.05. The van der Waals surface area contributed by atoms with Gasteiger partial charge in [0.2, 0.25) is 0 Å². The lowest BCUT2D eigenvalue weighted by atomic mass is 9.99. The van der Waals surface area contributed by atoms with Crippen molar-refractivity contribution >= 4 is 0 Å². The molecule has 13 heavy (non-hydrogen) atoms. The molecule has 2 heteroatoms. The third-order valence-corrected chi connectivity index (χ3v) is 3.02. The fourth-order valence-electron chi connectivity index (χ4n) is 2.18. The van der Waals surface area contributed by atoms with Gasteiger partial charge in [-0.15, -0.1) is 0 Å². The van der Waals surface area contributed by atoms with Crippen LogP contribution in [0.3, 0.4) is 0 Å². The Morgan fingerprint density at radius 3 is 2.62 bits per heavy atom. The highest BCUT2D eigenvalue weighted by molar-refractivity contribution is 4.74. The third kappa shape index (κ3) is 4.10. The summed E-state index contributed by atoms with van der Waals surface area (Å²) in [5, 5.41) is 3.34. The highest BCUT2D eigenvalue weighted by atomic mass is 16.5. The van der Waals surface area contributed by atoms with Gasteiger partial charge in [0.1, 0.15) is 0 Å². The molecule has 0 amide bonds. The molecular weight excluding hydrogens is 162 g/mol. The van der Waals surface area contributed by atoms with Gasteiger partial charge in [-0.25, -0.2) is 0 Å². The Morgan fingerprint density at radius 2 is 2.08 bits per heavy atom. The van der Waals surface area contributed by atoms with Gasteiger partial charge in [-0.3, -0.25) is 0 Å². The average molecular weight is 185 g/mol. The quantitative estimate of drug-likeness (QED) is 0.685. The summed E-state index contributed by atoms with van der Waals surface area (Å²) in [5.74, 6) is 0.956. The van der Waals surface area contributed by atoms with Crippen LogP contribution in [0.2, 0.25) is 0 Å². The van der Waals surface area contributed by atoms with Gasteiger partial charge < -0.3 is 10.1 Å². The predicted molar refractivity (Wildman–Crippen MR) is 55.9 cm³/mol. The van der Waals surface area contributed by atoms with Crippen molar-refractivity contribution in [1.29, 1.82) is 0 Å². The Hall–Kier alpha value is -0.0800. The van der Waals surface area contributed by atoms with Crippen LogP contribution in [0.4, 0.5) is 0 Å². The van der Waals surface area contributed by atoms with E-state index in [0.29, 0.717) is 6.04 Å². The molecule has 0 bridgehead atoms. The van der Waals surface area contributed by atoms with Crippen molar-refractivity contribution in [3.63, 3.8) is 0 Å². The van der Waals surface area contributed by atoms with Crippen LogP contribution in [0, 0.1) is 5.92 Å². The molecular formula is C11H23NO. The van der Waals surface area contributed by atoms with E-state index in [0.717, 1.165) is 19.1 Å². The predicted octanol–water partition coefficient (Wildman–Crippen LogP) is 2.19. The lowest BCUT2D eigenvalue weighted by molar-refractivity contribution is 0.117.